The van der Waals surface area contributed by atoms with Crippen molar-refractivity contribution >= 4 is 29.6 Å². The van der Waals surface area contributed by atoms with Crippen molar-refractivity contribution in [3.8, 4) is 0 Å². The molecule has 0 aliphatic rings. The van der Waals surface area contributed by atoms with Gasteiger partial charge in [0.05, 0.1) is 12.5 Å². The first-order valence-electron chi connectivity index (χ1n) is 10.3. The average molecular weight is 445 g/mol. The third-order valence-electron chi connectivity index (χ3n) is 4.91. The predicted molar refractivity (Wildman–Crippen MR) is 113 cm³/mol. The van der Waals surface area contributed by atoms with E-state index in [4.69, 9.17) is 22.3 Å². The number of carbonyl (C=O) groups is 5. The van der Waals surface area contributed by atoms with Crippen LogP contribution in [-0.2, 0) is 24.0 Å². The first-order valence-corrected chi connectivity index (χ1v) is 10.3. The number of nitrogens with two attached hydrogens (primary N) is 3. The Balaban J connectivity index is 5.40. The fourth-order valence-corrected chi connectivity index (χ4v) is 2.60. The van der Waals surface area contributed by atoms with Gasteiger partial charge in [0, 0.05) is 0 Å². The number of carboxylic acid groups (broad SMARTS) is 1. The minimum atomic E-state index is -1.40. The Kier molecular flexibility index (Phi) is 13.0. The lowest BCUT2D eigenvalue weighted by atomic mass is 9.98. The molecule has 0 aliphatic carbocycles. The highest BCUT2D eigenvalue weighted by Gasteiger charge is 2.30. The molecule has 0 aromatic heterocycles. The molecule has 0 bridgehead atoms. The summed E-state index contributed by atoms with van der Waals surface area (Å²) in [7, 11) is 0. The molecule has 0 aromatic carbocycles. The van der Waals surface area contributed by atoms with Crippen molar-refractivity contribution in [1.82, 2.24) is 16.0 Å². The lowest BCUT2D eigenvalue weighted by Gasteiger charge is -2.25. The number of amides is 4. The third kappa shape index (κ3) is 10.7. The Labute approximate surface area is 182 Å². The molecular formula is C19H36N6O6. The minimum absolute atomic E-state index is 0.112. The summed E-state index contributed by atoms with van der Waals surface area (Å²) < 4.78 is 0. The Morgan fingerprint density at radius 2 is 1.45 bits per heavy atom. The van der Waals surface area contributed by atoms with Crippen molar-refractivity contribution in [2.24, 2.45) is 23.1 Å². The number of primary amides is 1. The van der Waals surface area contributed by atoms with E-state index in [1.54, 1.807) is 0 Å². The van der Waals surface area contributed by atoms with Crippen LogP contribution in [0.2, 0.25) is 0 Å². The number of aliphatic carboxylic acids is 1. The molecule has 0 saturated heterocycles. The molecule has 178 valence electrons. The summed E-state index contributed by atoms with van der Waals surface area (Å²) in [6.07, 6.45) is 1.49. The smallest absolute Gasteiger partial charge is 0.325 e. The van der Waals surface area contributed by atoms with Crippen molar-refractivity contribution in [3.63, 3.8) is 0 Å². The van der Waals surface area contributed by atoms with Gasteiger partial charge >= 0.3 is 5.97 Å². The van der Waals surface area contributed by atoms with E-state index < -0.39 is 60.2 Å². The van der Waals surface area contributed by atoms with E-state index in [-0.39, 0.29) is 12.3 Å². The quantitative estimate of drug-likeness (QED) is 0.139. The zero-order valence-electron chi connectivity index (χ0n) is 18.3. The van der Waals surface area contributed by atoms with Gasteiger partial charge in [-0.1, -0.05) is 20.3 Å². The summed E-state index contributed by atoms with van der Waals surface area (Å²) in [6, 6.07) is -4.48. The normalized spacial score (nSPS) is 15.6. The summed E-state index contributed by atoms with van der Waals surface area (Å²) in [6.45, 7) is 5.32. The fourth-order valence-electron chi connectivity index (χ4n) is 2.60. The lowest BCUT2D eigenvalue weighted by molar-refractivity contribution is -0.142. The Morgan fingerprint density at radius 1 is 0.903 bits per heavy atom. The molecule has 12 nitrogen and oxygen atoms in total. The maximum absolute atomic E-state index is 12.8. The van der Waals surface area contributed by atoms with Crippen molar-refractivity contribution in [3.05, 3.63) is 0 Å². The number of carboxylic acids is 1. The highest BCUT2D eigenvalue weighted by molar-refractivity contribution is 5.96. The molecule has 0 fully saturated rings. The monoisotopic (exact) mass is 444 g/mol. The SMILES string of the molecule is CCC(C)C(N)C(=O)NC(CCCCN)C(=O)NC(CC(N)=O)C(=O)NC(C)C(=O)O. The third-order valence-corrected chi connectivity index (χ3v) is 4.91. The van der Waals surface area contributed by atoms with Gasteiger partial charge in [0.1, 0.15) is 18.1 Å². The van der Waals surface area contributed by atoms with Crippen LogP contribution >= 0.6 is 0 Å². The zero-order valence-corrected chi connectivity index (χ0v) is 18.3. The van der Waals surface area contributed by atoms with Crippen LogP contribution in [-0.4, -0.2) is 65.4 Å². The summed E-state index contributed by atoms with van der Waals surface area (Å²) >= 11 is 0. The van der Waals surface area contributed by atoms with E-state index in [1.165, 1.54) is 6.92 Å². The second-order valence-electron chi connectivity index (χ2n) is 7.56. The molecule has 5 unspecified atom stereocenters. The van der Waals surface area contributed by atoms with Gasteiger partial charge in [-0.15, -0.1) is 0 Å². The maximum Gasteiger partial charge on any atom is 0.325 e. The van der Waals surface area contributed by atoms with Gasteiger partial charge < -0.3 is 38.3 Å². The molecule has 0 aliphatic heterocycles. The molecule has 0 rings (SSSR count). The lowest BCUT2D eigenvalue weighted by Crippen LogP contribution is -2.58. The predicted octanol–water partition coefficient (Wildman–Crippen LogP) is -2.08. The van der Waals surface area contributed by atoms with Crippen LogP contribution < -0.4 is 33.2 Å². The van der Waals surface area contributed by atoms with Crippen molar-refractivity contribution < 1.29 is 29.1 Å². The van der Waals surface area contributed by atoms with Crippen LogP contribution in [0.4, 0.5) is 0 Å². The highest BCUT2D eigenvalue weighted by Crippen LogP contribution is 2.08. The topological polar surface area (TPSA) is 220 Å². The molecule has 0 aromatic rings. The van der Waals surface area contributed by atoms with Gasteiger partial charge in [-0.05, 0) is 38.6 Å². The largest absolute Gasteiger partial charge is 0.480 e. The van der Waals surface area contributed by atoms with Gasteiger partial charge in [-0.3, -0.25) is 24.0 Å². The fraction of sp³-hybridized carbons (Fsp3) is 0.737. The Bertz CT molecular complexity index is 643. The Hall–Kier alpha value is -2.73. The first-order chi connectivity index (χ1) is 14.4. The number of carbonyl (C=O) groups excluding carboxylic acids is 4. The number of unbranched alkanes of at least 4 members (excludes halogenated alkanes) is 1. The van der Waals surface area contributed by atoms with Crippen LogP contribution in [0.15, 0.2) is 0 Å². The molecule has 4 amide bonds. The van der Waals surface area contributed by atoms with E-state index >= 15 is 0 Å². The number of hydrogen-bond donors (Lipinski definition) is 7. The summed E-state index contributed by atoms with van der Waals surface area (Å²) in [5, 5.41) is 16.1. The minimum Gasteiger partial charge on any atom is -0.480 e. The molecule has 0 heterocycles. The van der Waals surface area contributed by atoms with Crippen molar-refractivity contribution in [2.45, 2.75) is 77.0 Å². The molecule has 31 heavy (non-hydrogen) atoms. The summed E-state index contributed by atoms with van der Waals surface area (Å²) in [5.41, 5.74) is 16.6. The van der Waals surface area contributed by atoms with Crippen LogP contribution in [0.3, 0.4) is 0 Å². The molecular weight excluding hydrogens is 408 g/mol. The summed E-state index contributed by atoms with van der Waals surface area (Å²) in [5.74, 6) is -4.39. The number of rotatable bonds is 15. The van der Waals surface area contributed by atoms with Crippen LogP contribution in [0.25, 0.3) is 0 Å². The van der Waals surface area contributed by atoms with Gasteiger partial charge in [0.25, 0.3) is 0 Å². The molecule has 0 spiro atoms. The molecule has 0 saturated carbocycles. The van der Waals surface area contributed by atoms with E-state index in [2.05, 4.69) is 16.0 Å². The second-order valence-corrected chi connectivity index (χ2v) is 7.56. The van der Waals surface area contributed by atoms with E-state index in [1.807, 2.05) is 13.8 Å². The van der Waals surface area contributed by atoms with E-state index in [9.17, 15) is 24.0 Å². The van der Waals surface area contributed by atoms with E-state index in [0.29, 0.717) is 25.8 Å². The Morgan fingerprint density at radius 3 is 1.94 bits per heavy atom. The van der Waals surface area contributed by atoms with Crippen molar-refractivity contribution in [2.75, 3.05) is 6.54 Å². The molecule has 0 radical (unpaired) electrons. The maximum atomic E-state index is 12.8. The standard InChI is InChI=1S/C19H36N6O6/c1-4-10(2)15(22)18(29)24-12(7-5-6-8-20)16(27)25-13(9-14(21)26)17(28)23-11(3)19(30)31/h10-13,15H,4-9,20,22H2,1-3H3,(H2,21,26)(H,23,28)(H,24,29)(H,25,27)(H,30,31). The number of hydrogen-bond acceptors (Lipinski definition) is 7. The van der Waals surface area contributed by atoms with Gasteiger partial charge in [-0.2, -0.15) is 0 Å². The first kappa shape index (κ1) is 28.3. The molecule has 12 heteroatoms. The van der Waals surface area contributed by atoms with Gasteiger partial charge in [0.15, 0.2) is 0 Å². The van der Waals surface area contributed by atoms with Gasteiger partial charge in [0.2, 0.25) is 23.6 Å². The molecule has 10 N–H and O–H groups in total. The van der Waals surface area contributed by atoms with Crippen LogP contribution in [0.1, 0.15) is 52.9 Å². The average Bonchev–Trinajstić information content (AvgIpc) is 2.70. The number of nitrogens with one attached hydrogen (secondary N) is 3. The van der Waals surface area contributed by atoms with Crippen LogP contribution in [0.5, 0.6) is 0 Å². The van der Waals surface area contributed by atoms with Crippen molar-refractivity contribution in [1.29, 1.82) is 0 Å². The molecule has 5 atom stereocenters. The van der Waals surface area contributed by atoms with E-state index in [0.717, 1.165) is 0 Å². The zero-order chi connectivity index (χ0) is 24.1. The second kappa shape index (κ2) is 14.3. The summed E-state index contributed by atoms with van der Waals surface area (Å²) in [4.78, 5) is 59.9. The van der Waals surface area contributed by atoms with Crippen LogP contribution in [0, 0.1) is 5.92 Å². The van der Waals surface area contributed by atoms with Gasteiger partial charge in [-0.25, -0.2) is 0 Å². The highest BCUT2D eigenvalue weighted by atomic mass is 16.4.